The highest BCUT2D eigenvalue weighted by molar-refractivity contribution is 7.09. The van der Waals surface area contributed by atoms with Crippen LogP contribution in [0, 0.1) is 6.92 Å². The van der Waals surface area contributed by atoms with E-state index in [1.807, 2.05) is 12.3 Å². The lowest BCUT2D eigenvalue weighted by molar-refractivity contribution is 0.242. The lowest BCUT2D eigenvalue weighted by atomic mass is 10.3. The molecule has 0 radical (unpaired) electrons. The molecule has 84 valence electrons. The molecule has 1 N–H and O–H groups in total. The maximum absolute atomic E-state index is 11.5. The van der Waals surface area contributed by atoms with E-state index < -0.39 is 0 Å². The number of rotatable bonds is 3. The summed E-state index contributed by atoms with van der Waals surface area (Å²) < 4.78 is 1.41. The van der Waals surface area contributed by atoms with Gasteiger partial charge in [0.15, 0.2) is 0 Å². The standard InChI is InChI=1S/C10H12N4OS/c1-8-13-9(6-16-8)2-3-12-10(15)14-5-4-11-7-14/h4-7H,2-3H2,1H3,(H,12,15). The molecule has 0 fully saturated rings. The van der Waals surface area contributed by atoms with E-state index in [0.717, 1.165) is 17.1 Å². The fraction of sp³-hybridized carbons (Fsp3) is 0.300. The first-order chi connectivity index (χ1) is 7.75. The van der Waals surface area contributed by atoms with Crippen LogP contribution in [0.4, 0.5) is 4.79 Å². The Bertz CT molecular complexity index is 463. The van der Waals surface area contributed by atoms with Crippen molar-refractivity contribution in [1.29, 1.82) is 0 Å². The van der Waals surface area contributed by atoms with Crippen LogP contribution in [0.2, 0.25) is 0 Å². The molecule has 0 atom stereocenters. The first-order valence-corrected chi connectivity index (χ1v) is 5.81. The number of imidazole rings is 1. The third-order valence-corrected chi connectivity index (χ3v) is 2.89. The van der Waals surface area contributed by atoms with Gasteiger partial charge in [-0.2, -0.15) is 0 Å². The fourth-order valence-corrected chi connectivity index (χ4v) is 1.94. The number of nitrogens with one attached hydrogen (secondary N) is 1. The van der Waals surface area contributed by atoms with Gasteiger partial charge in [0.05, 0.1) is 10.7 Å². The van der Waals surface area contributed by atoms with Crippen molar-refractivity contribution in [2.75, 3.05) is 6.54 Å². The van der Waals surface area contributed by atoms with Gasteiger partial charge in [0.1, 0.15) is 6.33 Å². The minimum atomic E-state index is -0.163. The van der Waals surface area contributed by atoms with Crippen LogP contribution in [0.3, 0.4) is 0 Å². The molecular formula is C10H12N4OS. The molecule has 0 bridgehead atoms. The van der Waals surface area contributed by atoms with E-state index in [2.05, 4.69) is 15.3 Å². The van der Waals surface area contributed by atoms with Crippen LogP contribution in [0.1, 0.15) is 10.7 Å². The van der Waals surface area contributed by atoms with Crippen LogP contribution in [-0.2, 0) is 6.42 Å². The molecule has 0 spiro atoms. The molecule has 0 aliphatic rings. The molecule has 0 aliphatic carbocycles. The number of hydrogen-bond acceptors (Lipinski definition) is 4. The van der Waals surface area contributed by atoms with Gasteiger partial charge in [-0.25, -0.2) is 14.8 Å². The summed E-state index contributed by atoms with van der Waals surface area (Å²) >= 11 is 1.62. The van der Waals surface area contributed by atoms with E-state index in [9.17, 15) is 4.79 Å². The number of carbonyl (C=O) groups excluding carboxylic acids is 1. The smallest absolute Gasteiger partial charge is 0.326 e. The Morgan fingerprint density at radius 2 is 2.50 bits per heavy atom. The summed E-state index contributed by atoms with van der Waals surface area (Å²) in [4.78, 5) is 19.6. The van der Waals surface area contributed by atoms with E-state index in [0.29, 0.717) is 6.54 Å². The minimum Gasteiger partial charge on any atom is -0.337 e. The van der Waals surface area contributed by atoms with Gasteiger partial charge in [-0.15, -0.1) is 11.3 Å². The molecule has 0 saturated carbocycles. The van der Waals surface area contributed by atoms with Crippen molar-refractivity contribution in [3.05, 3.63) is 34.8 Å². The molecule has 0 saturated heterocycles. The Labute approximate surface area is 97.2 Å². The van der Waals surface area contributed by atoms with Crippen molar-refractivity contribution in [3.8, 4) is 0 Å². The highest BCUT2D eigenvalue weighted by Crippen LogP contribution is 2.07. The Balaban J connectivity index is 1.78. The highest BCUT2D eigenvalue weighted by Gasteiger charge is 2.03. The lowest BCUT2D eigenvalue weighted by Crippen LogP contribution is -2.29. The molecule has 0 aliphatic heterocycles. The van der Waals surface area contributed by atoms with Gasteiger partial charge < -0.3 is 5.32 Å². The normalized spacial score (nSPS) is 10.3. The monoisotopic (exact) mass is 236 g/mol. The molecule has 6 heteroatoms. The molecular weight excluding hydrogens is 224 g/mol. The molecule has 2 aromatic rings. The zero-order valence-electron chi connectivity index (χ0n) is 8.88. The zero-order valence-corrected chi connectivity index (χ0v) is 9.70. The molecule has 2 aromatic heterocycles. The average molecular weight is 236 g/mol. The zero-order chi connectivity index (χ0) is 11.4. The van der Waals surface area contributed by atoms with Gasteiger partial charge in [0.25, 0.3) is 0 Å². The second-order valence-electron chi connectivity index (χ2n) is 3.31. The summed E-state index contributed by atoms with van der Waals surface area (Å²) in [5.74, 6) is 0. The van der Waals surface area contributed by atoms with Crippen molar-refractivity contribution < 1.29 is 4.79 Å². The predicted molar refractivity (Wildman–Crippen MR) is 61.6 cm³/mol. The number of hydrogen-bond donors (Lipinski definition) is 1. The summed E-state index contributed by atoms with van der Waals surface area (Å²) in [6, 6.07) is -0.163. The molecule has 0 aromatic carbocycles. The van der Waals surface area contributed by atoms with Crippen molar-refractivity contribution in [1.82, 2.24) is 19.9 Å². The summed E-state index contributed by atoms with van der Waals surface area (Å²) in [6.07, 6.45) is 5.42. The Kier molecular flexibility index (Phi) is 3.31. The molecule has 2 rings (SSSR count). The predicted octanol–water partition coefficient (Wildman–Crippen LogP) is 1.45. The minimum absolute atomic E-state index is 0.163. The molecule has 1 amide bonds. The number of carbonyl (C=O) groups is 1. The van der Waals surface area contributed by atoms with E-state index in [4.69, 9.17) is 0 Å². The maximum atomic E-state index is 11.5. The van der Waals surface area contributed by atoms with Crippen LogP contribution in [0.5, 0.6) is 0 Å². The molecule has 5 nitrogen and oxygen atoms in total. The van der Waals surface area contributed by atoms with Gasteiger partial charge in [-0.05, 0) is 6.92 Å². The third-order valence-electron chi connectivity index (χ3n) is 2.06. The van der Waals surface area contributed by atoms with Crippen molar-refractivity contribution in [2.45, 2.75) is 13.3 Å². The first-order valence-electron chi connectivity index (χ1n) is 4.93. The Hall–Kier alpha value is -1.69. The SMILES string of the molecule is Cc1nc(CCNC(=O)n2ccnc2)cs1. The quantitative estimate of drug-likeness (QED) is 0.877. The number of aryl methyl sites for hydroxylation is 1. The van der Waals surface area contributed by atoms with Gasteiger partial charge in [-0.1, -0.05) is 0 Å². The van der Waals surface area contributed by atoms with Crippen molar-refractivity contribution in [3.63, 3.8) is 0 Å². The number of nitrogens with zero attached hydrogens (tertiary/aromatic N) is 3. The van der Waals surface area contributed by atoms with Crippen LogP contribution >= 0.6 is 11.3 Å². The first kappa shape index (κ1) is 10.8. The van der Waals surface area contributed by atoms with Gasteiger partial charge >= 0.3 is 6.03 Å². The van der Waals surface area contributed by atoms with Crippen LogP contribution < -0.4 is 5.32 Å². The number of thiazole rings is 1. The second-order valence-corrected chi connectivity index (χ2v) is 4.37. The Morgan fingerprint density at radius 3 is 3.12 bits per heavy atom. The number of aromatic nitrogens is 3. The maximum Gasteiger partial charge on any atom is 0.326 e. The summed E-state index contributed by atoms with van der Waals surface area (Å²) in [5.41, 5.74) is 1.02. The largest absolute Gasteiger partial charge is 0.337 e. The topological polar surface area (TPSA) is 59.8 Å². The van der Waals surface area contributed by atoms with E-state index in [1.165, 1.54) is 10.9 Å². The van der Waals surface area contributed by atoms with Gasteiger partial charge in [0.2, 0.25) is 0 Å². The fourth-order valence-electron chi connectivity index (χ4n) is 1.29. The lowest BCUT2D eigenvalue weighted by Gasteiger charge is -2.03. The number of amides is 1. The second kappa shape index (κ2) is 4.89. The van der Waals surface area contributed by atoms with E-state index >= 15 is 0 Å². The average Bonchev–Trinajstić information content (AvgIpc) is 2.89. The summed E-state index contributed by atoms with van der Waals surface area (Å²) in [6.45, 7) is 2.55. The third kappa shape index (κ3) is 2.66. The summed E-state index contributed by atoms with van der Waals surface area (Å²) in [7, 11) is 0. The van der Waals surface area contributed by atoms with Gasteiger partial charge in [0, 0.05) is 30.7 Å². The van der Waals surface area contributed by atoms with Crippen LogP contribution in [-0.4, -0.2) is 27.1 Å². The Morgan fingerprint density at radius 1 is 1.62 bits per heavy atom. The van der Waals surface area contributed by atoms with Crippen LogP contribution in [0.25, 0.3) is 0 Å². The van der Waals surface area contributed by atoms with Crippen LogP contribution in [0.15, 0.2) is 24.1 Å². The van der Waals surface area contributed by atoms with Crippen molar-refractivity contribution >= 4 is 17.4 Å². The van der Waals surface area contributed by atoms with Crippen molar-refractivity contribution in [2.24, 2.45) is 0 Å². The van der Waals surface area contributed by atoms with Gasteiger partial charge in [-0.3, -0.25) is 4.57 Å². The summed E-state index contributed by atoms with van der Waals surface area (Å²) in [5, 5.41) is 5.86. The highest BCUT2D eigenvalue weighted by atomic mass is 32.1. The molecule has 2 heterocycles. The van der Waals surface area contributed by atoms with E-state index in [-0.39, 0.29) is 6.03 Å². The van der Waals surface area contributed by atoms with E-state index in [1.54, 1.807) is 23.7 Å². The molecule has 0 unspecified atom stereocenters. The molecule has 16 heavy (non-hydrogen) atoms.